The van der Waals surface area contributed by atoms with Crippen molar-refractivity contribution in [1.82, 2.24) is 4.98 Å². The van der Waals surface area contributed by atoms with Crippen LogP contribution in [0.4, 0.5) is 5.69 Å². The van der Waals surface area contributed by atoms with Gasteiger partial charge >= 0.3 is 0 Å². The zero-order chi connectivity index (χ0) is 10.7. The Bertz CT molecular complexity index is 456. The lowest BCUT2D eigenvalue weighted by atomic mass is 10.4. The number of nitrogens with two attached hydrogens (primary N) is 1. The third kappa shape index (κ3) is 2.97. The summed E-state index contributed by atoms with van der Waals surface area (Å²) in [5.74, 6) is 0. The van der Waals surface area contributed by atoms with E-state index in [9.17, 15) is 0 Å². The van der Waals surface area contributed by atoms with Crippen molar-refractivity contribution in [2.45, 2.75) is 9.92 Å². The zero-order valence-corrected chi connectivity index (χ0v) is 10.3. The second kappa shape index (κ2) is 4.68. The van der Waals surface area contributed by atoms with Gasteiger partial charge in [0.05, 0.1) is 11.9 Å². The first-order valence-electron chi connectivity index (χ1n) is 4.39. The van der Waals surface area contributed by atoms with Crippen LogP contribution in [0.5, 0.6) is 0 Å². The van der Waals surface area contributed by atoms with E-state index in [2.05, 4.69) is 27.0 Å². The van der Waals surface area contributed by atoms with Crippen molar-refractivity contribution in [3.63, 3.8) is 0 Å². The molecule has 1 aromatic heterocycles. The van der Waals surface area contributed by atoms with Crippen LogP contribution in [0, 0.1) is 0 Å². The third-order valence-electron chi connectivity index (χ3n) is 1.78. The largest absolute Gasteiger partial charge is 0.397 e. The van der Waals surface area contributed by atoms with Crippen LogP contribution in [0.25, 0.3) is 0 Å². The highest BCUT2D eigenvalue weighted by Crippen LogP contribution is 2.28. The Kier molecular flexibility index (Phi) is 3.28. The number of pyridine rings is 1. The molecule has 1 aromatic carbocycles. The quantitative estimate of drug-likeness (QED) is 0.914. The summed E-state index contributed by atoms with van der Waals surface area (Å²) < 4.78 is 1.07. The Hall–Kier alpha value is -1.00. The van der Waals surface area contributed by atoms with Crippen LogP contribution in [0.3, 0.4) is 0 Å². The number of nitrogen functional groups attached to an aromatic ring is 1. The van der Waals surface area contributed by atoms with Crippen LogP contribution in [-0.2, 0) is 0 Å². The lowest BCUT2D eigenvalue weighted by Crippen LogP contribution is -1.86. The van der Waals surface area contributed by atoms with E-state index in [0.29, 0.717) is 5.69 Å². The normalized spacial score (nSPS) is 10.2. The van der Waals surface area contributed by atoms with Gasteiger partial charge in [0.15, 0.2) is 0 Å². The van der Waals surface area contributed by atoms with E-state index in [1.165, 1.54) is 0 Å². The molecule has 0 aliphatic heterocycles. The van der Waals surface area contributed by atoms with Crippen molar-refractivity contribution in [3.05, 3.63) is 47.1 Å². The lowest BCUT2D eigenvalue weighted by Gasteiger charge is -2.01. The summed E-state index contributed by atoms with van der Waals surface area (Å²) in [6.45, 7) is 0. The summed E-state index contributed by atoms with van der Waals surface area (Å²) in [6.07, 6.45) is 1.67. The van der Waals surface area contributed by atoms with E-state index < -0.39 is 0 Å². The van der Waals surface area contributed by atoms with Crippen molar-refractivity contribution < 1.29 is 0 Å². The van der Waals surface area contributed by atoms with E-state index in [1.54, 1.807) is 18.0 Å². The topological polar surface area (TPSA) is 38.9 Å². The van der Waals surface area contributed by atoms with Gasteiger partial charge in [0.25, 0.3) is 0 Å². The molecular formula is C11H9BrN2S. The van der Waals surface area contributed by atoms with E-state index >= 15 is 0 Å². The Morgan fingerprint density at radius 2 is 2.07 bits per heavy atom. The molecule has 0 atom stereocenters. The number of aromatic nitrogens is 1. The van der Waals surface area contributed by atoms with Crippen molar-refractivity contribution in [1.29, 1.82) is 0 Å². The van der Waals surface area contributed by atoms with Crippen LogP contribution in [-0.4, -0.2) is 4.98 Å². The lowest BCUT2D eigenvalue weighted by molar-refractivity contribution is 1.14. The molecule has 0 fully saturated rings. The second-order valence-electron chi connectivity index (χ2n) is 2.99. The molecule has 0 aliphatic carbocycles. The van der Waals surface area contributed by atoms with E-state index in [0.717, 1.165) is 14.4 Å². The van der Waals surface area contributed by atoms with Crippen LogP contribution in [0.1, 0.15) is 0 Å². The molecular weight excluding hydrogens is 272 g/mol. The van der Waals surface area contributed by atoms with Gasteiger partial charge in [-0.2, -0.15) is 0 Å². The number of benzene rings is 1. The molecule has 15 heavy (non-hydrogen) atoms. The highest BCUT2D eigenvalue weighted by Gasteiger charge is 1.98. The second-order valence-corrected chi connectivity index (χ2v) is 5.00. The van der Waals surface area contributed by atoms with Gasteiger partial charge in [-0.05, 0) is 30.3 Å². The van der Waals surface area contributed by atoms with Gasteiger partial charge in [-0.25, -0.2) is 4.98 Å². The number of nitrogens with zero attached hydrogens (tertiary/aromatic N) is 1. The fourth-order valence-electron chi connectivity index (χ4n) is 1.10. The Morgan fingerprint density at radius 1 is 1.20 bits per heavy atom. The summed E-state index contributed by atoms with van der Waals surface area (Å²) in [6, 6.07) is 11.9. The van der Waals surface area contributed by atoms with E-state index in [4.69, 9.17) is 5.73 Å². The molecule has 0 radical (unpaired) electrons. The molecule has 2 aromatic rings. The smallest absolute Gasteiger partial charge is 0.101 e. The summed E-state index contributed by atoms with van der Waals surface area (Å²) in [5.41, 5.74) is 6.25. The molecule has 2 rings (SSSR count). The van der Waals surface area contributed by atoms with Crippen LogP contribution >= 0.6 is 27.7 Å². The van der Waals surface area contributed by atoms with Crippen LogP contribution in [0.2, 0.25) is 0 Å². The predicted octanol–water partition coefficient (Wildman–Crippen LogP) is 3.58. The van der Waals surface area contributed by atoms with Gasteiger partial charge in [0.2, 0.25) is 0 Å². The molecule has 0 amide bonds. The molecule has 1 heterocycles. The third-order valence-corrected chi connectivity index (χ3v) is 3.21. The standard InChI is InChI=1S/C11H9BrN2S/c12-8-2-1-3-10(6-8)15-11-5-4-9(13)7-14-11/h1-7H,13H2. The van der Waals surface area contributed by atoms with Crippen molar-refractivity contribution in [2.75, 3.05) is 5.73 Å². The Labute approximate surface area is 101 Å². The molecule has 0 aliphatic rings. The number of anilines is 1. The summed E-state index contributed by atoms with van der Waals surface area (Å²) in [7, 11) is 0. The monoisotopic (exact) mass is 280 g/mol. The SMILES string of the molecule is Nc1ccc(Sc2cccc(Br)c2)nc1. The first-order chi connectivity index (χ1) is 7.24. The maximum Gasteiger partial charge on any atom is 0.101 e. The van der Waals surface area contributed by atoms with E-state index in [1.807, 2.05) is 30.3 Å². The predicted molar refractivity (Wildman–Crippen MR) is 66.9 cm³/mol. The minimum atomic E-state index is 0.689. The Morgan fingerprint density at radius 3 is 2.73 bits per heavy atom. The zero-order valence-electron chi connectivity index (χ0n) is 7.85. The summed E-state index contributed by atoms with van der Waals surface area (Å²) in [4.78, 5) is 5.38. The maximum atomic E-state index is 5.56. The van der Waals surface area contributed by atoms with Gasteiger partial charge in [0.1, 0.15) is 5.03 Å². The first-order valence-corrected chi connectivity index (χ1v) is 6.00. The molecule has 0 saturated heterocycles. The number of rotatable bonds is 2. The first kappa shape index (κ1) is 10.5. The fourth-order valence-corrected chi connectivity index (χ4v) is 2.47. The number of halogens is 1. The van der Waals surface area contributed by atoms with Crippen LogP contribution in [0.15, 0.2) is 57.0 Å². The molecule has 0 saturated carbocycles. The van der Waals surface area contributed by atoms with Crippen molar-refractivity contribution in [3.8, 4) is 0 Å². The molecule has 2 nitrogen and oxygen atoms in total. The van der Waals surface area contributed by atoms with Gasteiger partial charge in [-0.15, -0.1) is 0 Å². The van der Waals surface area contributed by atoms with Crippen LogP contribution < -0.4 is 5.73 Å². The van der Waals surface area contributed by atoms with Gasteiger partial charge in [0, 0.05) is 9.37 Å². The summed E-state index contributed by atoms with van der Waals surface area (Å²) >= 11 is 5.05. The minimum absolute atomic E-state index is 0.689. The average molecular weight is 281 g/mol. The maximum absolute atomic E-state index is 5.56. The Balaban J connectivity index is 2.18. The van der Waals surface area contributed by atoms with Crippen molar-refractivity contribution in [2.24, 2.45) is 0 Å². The number of hydrogen-bond donors (Lipinski definition) is 1. The average Bonchev–Trinajstić information content (AvgIpc) is 2.22. The fraction of sp³-hybridized carbons (Fsp3) is 0. The summed E-state index contributed by atoms with van der Waals surface area (Å²) in [5, 5.41) is 0.947. The van der Waals surface area contributed by atoms with Gasteiger partial charge in [-0.1, -0.05) is 33.8 Å². The molecule has 4 heteroatoms. The molecule has 0 spiro atoms. The van der Waals surface area contributed by atoms with E-state index in [-0.39, 0.29) is 0 Å². The molecule has 2 N–H and O–H groups in total. The molecule has 0 unspecified atom stereocenters. The van der Waals surface area contributed by atoms with Crippen molar-refractivity contribution >= 4 is 33.4 Å². The molecule has 0 bridgehead atoms. The van der Waals surface area contributed by atoms with Gasteiger partial charge < -0.3 is 5.73 Å². The number of hydrogen-bond acceptors (Lipinski definition) is 3. The highest BCUT2D eigenvalue weighted by atomic mass is 79.9. The highest BCUT2D eigenvalue weighted by molar-refractivity contribution is 9.10. The molecule has 76 valence electrons. The van der Waals surface area contributed by atoms with Gasteiger partial charge in [-0.3, -0.25) is 0 Å². The minimum Gasteiger partial charge on any atom is -0.397 e.